The van der Waals surface area contributed by atoms with E-state index in [4.69, 9.17) is 4.98 Å². The summed E-state index contributed by atoms with van der Waals surface area (Å²) in [6.07, 6.45) is 1.62. The summed E-state index contributed by atoms with van der Waals surface area (Å²) in [5.41, 5.74) is 2.78. The fourth-order valence-corrected chi connectivity index (χ4v) is 3.24. The first kappa shape index (κ1) is 19.3. The number of non-ortho nitro benzene ring substituents is 1. The average Bonchev–Trinajstić information content (AvgIpc) is 3.18. The number of aromatic nitrogens is 3. The van der Waals surface area contributed by atoms with E-state index in [0.717, 1.165) is 5.56 Å². The predicted octanol–water partition coefficient (Wildman–Crippen LogP) is 4.84. The molecule has 4 aromatic rings. The van der Waals surface area contributed by atoms with E-state index in [0.29, 0.717) is 28.0 Å². The molecule has 2 heterocycles. The molecule has 0 saturated carbocycles. The van der Waals surface area contributed by atoms with E-state index in [-0.39, 0.29) is 17.6 Å². The van der Waals surface area contributed by atoms with Crippen LogP contribution in [0.3, 0.4) is 0 Å². The summed E-state index contributed by atoms with van der Waals surface area (Å²) in [5.74, 6) is -0.386. The molecule has 0 aliphatic carbocycles. The molecule has 0 fully saturated rings. The Kier molecular flexibility index (Phi) is 4.97. The molecule has 0 radical (unpaired) electrons. The Bertz CT molecular complexity index is 1250. The lowest BCUT2D eigenvalue weighted by atomic mass is 10.1. The number of nitrogens with one attached hydrogen (secondary N) is 1. The molecule has 150 valence electrons. The second-order valence-corrected chi connectivity index (χ2v) is 7.10. The van der Waals surface area contributed by atoms with Gasteiger partial charge in [-0.25, -0.2) is 9.67 Å². The summed E-state index contributed by atoms with van der Waals surface area (Å²) in [7, 11) is 0. The number of rotatable bonds is 5. The molecule has 8 nitrogen and oxygen atoms in total. The van der Waals surface area contributed by atoms with Gasteiger partial charge in [0.05, 0.1) is 27.8 Å². The number of nitrogens with zero attached hydrogens (tertiary/aromatic N) is 4. The molecule has 0 spiro atoms. The summed E-state index contributed by atoms with van der Waals surface area (Å²) in [4.78, 5) is 28.4. The lowest BCUT2D eigenvalue weighted by Crippen LogP contribution is -2.13. The van der Waals surface area contributed by atoms with Gasteiger partial charge in [-0.2, -0.15) is 5.10 Å². The Balaban J connectivity index is 1.82. The molecule has 30 heavy (non-hydrogen) atoms. The minimum Gasteiger partial charge on any atom is -0.322 e. The monoisotopic (exact) mass is 401 g/mol. The third kappa shape index (κ3) is 3.62. The largest absolute Gasteiger partial charge is 0.322 e. The minimum absolute atomic E-state index is 0.0636. The zero-order valence-corrected chi connectivity index (χ0v) is 16.4. The lowest BCUT2D eigenvalue weighted by molar-refractivity contribution is -0.384. The molecule has 2 aromatic heterocycles. The van der Waals surface area contributed by atoms with Crippen molar-refractivity contribution in [3.05, 3.63) is 82.5 Å². The van der Waals surface area contributed by atoms with Crippen molar-refractivity contribution in [1.82, 2.24) is 14.8 Å². The number of carbonyl (C=O) groups is 1. The molecule has 0 unspecified atom stereocenters. The second-order valence-electron chi connectivity index (χ2n) is 7.10. The number of fused-ring (bicyclic) bond motifs is 1. The van der Waals surface area contributed by atoms with Crippen molar-refractivity contribution < 1.29 is 9.72 Å². The van der Waals surface area contributed by atoms with Gasteiger partial charge in [0.15, 0.2) is 5.65 Å². The molecule has 0 saturated heterocycles. The van der Waals surface area contributed by atoms with E-state index in [1.54, 1.807) is 23.0 Å². The molecule has 1 amide bonds. The Morgan fingerprint density at radius 1 is 1.10 bits per heavy atom. The fraction of sp³-hybridized carbons (Fsp3) is 0.136. The topological polar surface area (TPSA) is 103 Å². The number of hydrogen-bond acceptors (Lipinski definition) is 5. The van der Waals surface area contributed by atoms with Gasteiger partial charge in [-0.05, 0) is 26.0 Å². The van der Waals surface area contributed by atoms with Crippen molar-refractivity contribution in [2.45, 2.75) is 19.9 Å². The van der Waals surface area contributed by atoms with Crippen molar-refractivity contribution in [2.24, 2.45) is 0 Å². The van der Waals surface area contributed by atoms with Crippen LogP contribution in [0.15, 0.2) is 66.9 Å². The molecule has 0 bridgehead atoms. The Morgan fingerprint density at radius 3 is 2.57 bits per heavy atom. The Morgan fingerprint density at radius 2 is 1.87 bits per heavy atom. The molecule has 0 aliphatic rings. The van der Waals surface area contributed by atoms with Gasteiger partial charge >= 0.3 is 0 Å². The highest BCUT2D eigenvalue weighted by Crippen LogP contribution is 2.27. The number of nitro groups is 1. The van der Waals surface area contributed by atoms with E-state index in [2.05, 4.69) is 10.4 Å². The maximum Gasteiger partial charge on any atom is 0.271 e. The van der Waals surface area contributed by atoms with Gasteiger partial charge in [0.1, 0.15) is 0 Å². The highest BCUT2D eigenvalue weighted by molar-refractivity contribution is 6.12. The van der Waals surface area contributed by atoms with Gasteiger partial charge in [-0.15, -0.1) is 0 Å². The maximum absolute atomic E-state index is 13.1. The normalized spacial score (nSPS) is 11.0. The predicted molar refractivity (Wildman–Crippen MR) is 114 cm³/mol. The smallest absolute Gasteiger partial charge is 0.271 e. The summed E-state index contributed by atoms with van der Waals surface area (Å²) < 4.78 is 1.77. The third-order valence-electron chi connectivity index (χ3n) is 4.68. The number of amides is 1. The second kappa shape index (κ2) is 7.75. The van der Waals surface area contributed by atoms with Gasteiger partial charge in [-0.1, -0.05) is 36.4 Å². The highest BCUT2D eigenvalue weighted by Gasteiger charge is 2.19. The van der Waals surface area contributed by atoms with Crippen LogP contribution in [0.25, 0.3) is 22.3 Å². The zero-order chi connectivity index (χ0) is 21.3. The van der Waals surface area contributed by atoms with E-state index in [1.165, 1.54) is 18.2 Å². The van der Waals surface area contributed by atoms with Crippen molar-refractivity contribution in [2.75, 3.05) is 5.32 Å². The first-order valence-electron chi connectivity index (χ1n) is 9.43. The number of nitro benzene ring substituents is 1. The van der Waals surface area contributed by atoms with Crippen molar-refractivity contribution in [3.8, 4) is 11.3 Å². The molecule has 4 rings (SSSR count). The van der Waals surface area contributed by atoms with Crippen LogP contribution in [0.4, 0.5) is 11.4 Å². The summed E-state index contributed by atoms with van der Waals surface area (Å²) in [6, 6.07) is 17.2. The van der Waals surface area contributed by atoms with Gasteiger partial charge < -0.3 is 5.32 Å². The molecule has 1 N–H and O–H groups in total. The maximum atomic E-state index is 13.1. The van der Waals surface area contributed by atoms with E-state index in [9.17, 15) is 14.9 Å². The minimum atomic E-state index is -0.500. The van der Waals surface area contributed by atoms with Crippen LogP contribution in [0.1, 0.15) is 30.2 Å². The number of anilines is 1. The fourth-order valence-electron chi connectivity index (χ4n) is 3.24. The number of benzene rings is 2. The third-order valence-corrected chi connectivity index (χ3v) is 4.68. The molecular formula is C22H19N5O3. The molecule has 0 atom stereocenters. The van der Waals surface area contributed by atoms with Crippen LogP contribution in [-0.2, 0) is 0 Å². The summed E-state index contributed by atoms with van der Waals surface area (Å²) in [6.45, 7) is 3.98. The van der Waals surface area contributed by atoms with E-state index >= 15 is 0 Å². The van der Waals surface area contributed by atoms with Crippen molar-refractivity contribution in [1.29, 1.82) is 0 Å². The van der Waals surface area contributed by atoms with E-state index < -0.39 is 4.92 Å². The van der Waals surface area contributed by atoms with Crippen molar-refractivity contribution in [3.63, 3.8) is 0 Å². The van der Waals surface area contributed by atoms with Gasteiger partial charge in [0, 0.05) is 29.4 Å². The van der Waals surface area contributed by atoms with Gasteiger partial charge in [-0.3, -0.25) is 14.9 Å². The molecule has 2 aromatic carbocycles. The van der Waals surface area contributed by atoms with Crippen LogP contribution in [0.5, 0.6) is 0 Å². The van der Waals surface area contributed by atoms with Crippen LogP contribution in [0, 0.1) is 10.1 Å². The standard InChI is InChI=1S/C22H19N5O3/c1-14(2)26-21-19(13-23-26)18(12-20(25-21)15-7-4-3-5-8-15)22(28)24-16-9-6-10-17(11-16)27(29)30/h3-14H,1-2H3,(H,24,28). The molecule has 0 aliphatic heterocycles. The number of carbonyl (C=O) groups excluding carboxylic acids is 1. The van der Waals surface area contributed by atoms with E-state index in [1.807, 2.05) is 44.2 Å². The van der Waals surface area contributed by atoms with Gasteiger partial charge in [0.25, 0.3) is 11.6 Å². The van der Waals surface area contributed by atoms with Crippen molar-refractivity contribution >= 4 is 28.3 Å². The number of pyridine rings is 1. The van der Waals surface area contributed by atoms with Crippen LogP contribution >= 0.6 is 0 Å². The average molecular weight is 401 g/mol. The SMILES string of the molecule is CC(C)n1ncc2c(C(=O)Nc3cccc([N+](=O)[O-])c3)cc(-c3ccccc3)nc21. The quantitative estimate of drug-likeness (QED) is 0.381. The molecular weight excluding hydrogens is 382 g/mol. The van der Waals surface area contributed by atoms with Gasteiger partial charge in [0.2, 0.25) is 0 Å². The first-order valence-corrected chi connectivity index (χ1v) is 9.43. The lowest BCUT2D eigenvalue weighted by Gasteiger charge is -2.11. The summed E-state index contributed by atoms with van der Waals surface area (Å²) in [5, 5.41) is 18.8. The zero-order valence-electron chi connectivity index (χ0n) is 16.4. The Hall–Kier alpha value is -4.07. The van der Waals surface area contributed by atoms with Crippen LogP contribution in [0.2, 0.25) is 0 Å². The Labute approximate surface area is 172 Å². The van der Waals surface area contributed by atoms with Crippen LogP contribution in [-0.4, -0.2) is 25.6 Å². The highest BCUT2D eigenvalue weighted by atomic mass is 16.6. The number of hydrogen-bond donors (Lipinski definition) is 1. The first-order chi connectivity index (χ1) is 14.4. The molecule has 8 heteroatoms. The summed E-state index contributed by atoms with van der Waals surface area (Å²) >= 11 is 0. The van der Waals surface area contributed by atoms with Crippen LogP contribution < -0.4 is 5.32 Å².